The van der Waals surface area contributed by atoms with Crippen molar-refractivity contribution in [1.29, 1.82) is 0 Å². The van der Waals surface area contributed by atoms with Crippen LogP contribution in [0, 0.1) is 5.92 Å². The third kappa shape index (κ3) is 4.94. The van der Waals surface area contributed by atoms with Gasteiger partial charge in [-0.3, -0.25) is 4.79 Å². The van der Waals surface area contributed by atoms with E-state index in [-0.39, 0.29) is 5.91 Å². The van der Waals surface area contributed by atoms with Crippen molar-refractivity contribution in [3.63, 3.8) is 0 Å². The zero-order chi connectivity index (χ0) is 11.8. The van der Waals surface area contributed by atoms with E-state index in [1.807, 2.05) is 30.3 Å². The molecule has 0 bridgehead atoms. The topological polar surface area (TPSA) is 55.1 Å². The Morgan fingerprint density at radius 1 is 1.31 bits per heavy atom. The summed E-state index contributed by atoms with van der Waals surface area (Å²) in [5.74, 6) is 0.599. The normalized spacial score (nSPS) is 12.1. The zero-order valence-electron chi connectivity index (χ0n) is 9.78. The average Bonchev–Trinajstić information content (AvgIpc) is 2.28. The molecule has 3 nitrogen and oxygen atoms in total. The minimum Gasteiger partial charge on any atom is -0.330 e. The van der Waals surface area contributed by atoms with Gasteiger partial charge in [0.05, 0.1) is 0 Å². The summed E-state index contributed by atoms with van der Waals surface area (Å²) in [6.07, 6.45) is 2.45. The van der Waals surface area contributed by atoms with Crippen LogP contribution in [0.3, 0.4) is 0 Å². The second kappa shape index (κ2) is 7.01. The summed E-state index contributed by atoms with van der Waals surface area (Å²) in [7, 11) is 0. The summed E-state index contributed by atoms with van der Waals surface area (Å²) < 4.78 is 0. The number of para-hydroxylation sites is 1. The minimum atomic E-state index is 0.0788. The molecule has 0 aliphatic rings. The summed E-state index contributed by atoms with van der Waals surface area (Å²) in [5, 5.41) is 2.87. The third-order valence-corrected chi connectivity index (χ3v) is 2.58. The van der Waals surface area contributed by atoms with Crippen molar-refractivity contribution in [3.8, 4) is 0 Å². The molecule has 1 atom stereocenters. The fourth-order valence-corrected chi connectivity index (χ4v) is 1.55. The summed E-state index contributed by atoms with van der Waals surface area (Å²) in [6, 6.07) is 9.53. The average molecular weight is 220 g/mol. The van der Waals surface area contributed by atoms with Crippen molar-refractivity contribution in [1.82, 2.24) is 0 Å². The number of amides is 1. The first-order valence-electron chi connectivity index (χ1n) is 5.77. The number of nitrogens with one attached hydrogen (secondary N) is 1. The predicted molar refractivity (Wildman–Crippen MR) is 67.1 cm³/mol. The molecule has 0 aliphatic carbocycles. The Morgan fingerprint density at radius 2 is 2.00 bits per heavy atom. The fraction of sp³-hybridized carbons (Fsp3) is 0.462. The van der Waals surface area contributed by atoms with Crippen LogP contribution in [-0.4, -0.2) is 12.5 Å². The van der Waals surface area contributed by atoms with Gasteiger partial charge >= 0.3 is 0 Å². The van der Waals surface area contributed by atoms with E-state index in [0.29, 0.717) is 18.9 Å². The van der Waals surface area contributed by atoms with Crippen LogP contribution in [-0.2, 0) is 4.79 Å². The summed E-state index contributed by atoms with van der Waals surface area (Å²) in [6.45, 7) is 2.82. The van der Waals surface area contributed by atoms with Gasteiger partial charge in [-0.05, 0) is 37.4 Å². The van der Waals surface area contributed by atoms with Gasteiger partial charge in [0.25, 0.3) is 0 Å². The molecule has 0 radical (unpaired) electrons. The first-order valence-corrected chi connectivity index (χ1v) is 5.77. The summed E-state index contributed by atoms with van der Waals surface area (Å²) in [5.41, 5.74) is 6.32. The molecule has 0 saturated carbocycles. The van der Waals surface area contributed by atoms with Gasteiger partial charge in [-0.25, -0.2) is 0 Å². The lowest BCUT2D eigenvalue weighted by Gasteiger charge is -2.09. The van der Waals surface area contributed by atoms with Crippen LogP contribution in [0.2, 0.25) is 0 Å². The lowest BCUT2D eigenvalue weighted by Crippen LogP contribution is -2.13. The molecule has 1 rings (SSSR count). The Labute approximate surface area is 97.0 Å². The van der Waals surface area contributed by atoms with Gasteiger partial charge in [-0.1, -0.05) is 25.1 Å². The molecular weight excluding hydrogens is 200 g/mol. The number of hydrogen-bond acceptors (Lipinski definition) is 2. The largest absolute Gasteiger partial charge is 0.330 e. The van der Waals surface area contributed by atoms with E-state index in [1.54, 1.807) is 0 Å². The van der Waals surface area contributed by atoms with Gasteiger partial charge in [0.1, 0.15) is 0 Å². The van der Waals surface area contributed by atoms with E-state index in [1.165, 1.54) is 0 Å². The number of anilines is 1. The summed E-state index contributed by atoms with van der Waals surface area (Å²) in [4.78, 5) is 11.6. The Kier molecular flexibility index (Phi) is 5.57. The molecule has 0 fully saturated rings. The zero-order valence-corrected chi connectivity index (χ0v) is 9.78. The molecule has 1 aromatic rings. The molecule has 0 aromatic heterocycles. The van der Waals surface area contributed by atoms with Gasteiger partial charge in [-0.2, -0.15) is 0 Å². The van der Waals surface area contributed by atoms with Crippen LogP contribution in [0.15, 0.2) is 30.3 Å². The molecule has 88 valence electrons. The van der Waals surface area contributed by atoms with Crippen LogP contribution >= 0.6 is 0 Å². The maximum absolute atomic E-state index is 11.6. The van der Waals surface area contributed by atoms with Crippen LogP contribution in [0.4, 0.5) is 5.69 Å². The van der Waals surface area contributed by atoms with Crippen LogP contribution in [0.25, 0.3) is 0 Å². The van der Waals surface area contributed by atoms with Crippen molar-refractivity contribution in [2.75, 3.05) is 11.9 Å². The molecule has 1 unspecified atom stereocenters. The molecular formula is C13H20N2O. The molecule has 1 amide bonds. The van der Waals surface area contributed by atoms with Gasteiger partial charge in [0.15, 0.2) is 0 Å². The Balaban J connectivity index is 2.26. The van der Waals surface area contributed by atoms with Crippen molar-refractivity contribution in [3.05, 3.63) is 30.3 Å². The molecule has 1 aromatic carbocycles. The van der Waals surface area contributed by atoms with E-state index in [0.717, 1.165) is 18.5 Å². The quantitative estimate of drug-likeness (QED) is 0.773. The highest BCUT2D eigenvalue weighted by Gasteiger charge is 2.06. The van der Waals surface area contributed by atoms with E-state index < -0.39 is 0 Å². The smallest absolute Gasteiger partial charge is 0.224 e. The standard InChI is InChI=1S/C13H20N2O/c1-11(9-10-14)7-8-13(16)15-12-5-3-2-4-6-12/h2-6,11H,7-10,14H2,1H3,(H,15,16). The second-order valence-corrected chi connectivity index (χ2v) is 4.14. The first kappa shape index (κ1) is 12.7. The van der Waals surface area contributed by atoms with Crippen molar-refractivity contribution in [2.45, 2.75) is 26.2 Å². The van der Waals surface area contributed by atoms with Crippen molar-refractivity contribution >= 4 is 11.6 Å². The number of benzene rings is 1. The Bertz CT molecular complexity index is 311. The fourth-order valence-electron chi connectivity index (χ4n) is 1.55. The molecule has 0 spiro atoms. The molecule has 3 N–H and O–H groups in total. The van der Waals surface area contributed by atoms with E-state index >= 15 is 0 Å². The van der Waals surface area contributed by atoms with E-state index in [2.05, 4.69) is 12.2 Å². The van der Waals surface area contributed by atoms with Gasteiger partial charge < -0.3 is 11.1 Å². The van der Waals surface area contributed by atoms with E-state index in [4.69, 9.17) is 5.73 Å². The van der Waals surface area contributed by atoms with Crippen molar-refractivity contribution in [2.24, 2.45) is 11.7 Å². The highest BCUT2D eigenvalue weighted by Crippen LogP contribution is 2.11. The molecule has 3 heteroatoms. The van der Waals surface area contributed by atoms with Gasteiger partial charge in [0.2, 0.25) is 5.91 Å². The lowest BCUT2D eigenvalue weighted by molar-refractivity contribution is -0.116. The number of nitrogens with two attached hydrogens (primary N) is 1. The van der Waals surface area contributed by atoms with Gasteiger partial charge in [-0.15, -0.1) is 0 Å². The van der Waals surface area contributed by atoms with Crippen LogP contribution < -0.4 is 11.1 Å². The Morgan fingerprint density at radius 3 is 2.62 bits per heavy atom. The molecule has 0 saturated heterocycles. The second-order valence-electron chi connectivity index (χ2n) is 4.14. The monoisotopic (exact) mass is 220 g/mol. The number of carbonyl (C=O) groups is 1. The SMILES string of the molecule is CC(CCN)CCC(=O)Nc1ccccc1. The maximum Gasteiger partial charge on any atom is 0.224 e. The maximum atomic E-state index is 11.6. The van der Waals surface area contributed by atoms with E-state index in [9.17, 15) is 4.79 Å². The molecule has 0 heterocycles. The predicted octanol–water partition coefficient (Wildman–Crippen LogP) is 2.39. The highest BCUT2D eigenvalue weighted by molar-refractivity contribution is 5.90. The number of rotatable bonds is 6. The van der Waals surface area contributed by atoms with Gasteiger partial charge in [0, 0.05) is 12.1 Å². The number of hydrogen-bond donors (Lipinski definition) is 2. The summed E-state index contributed by atoms with van der Waals surface area (Å²) >= 11 is 0. The first-order chi connectivity index (χ1) is 7.72. The lowest BCUT2D eigenvalue weighted by atomic mass is 10.0. The van der Waals surface area contributed by atoms with Crippen LogP contribution in [0.1, 0.15) is 26.2 Å². The van der Waals surface area contributed by atoms with Crippen LogP contribution in [0.5, 0.6) is 0 Å². The minimum absolute atomic E-state index is 0.0788. The highest BCUT2D eigenvalue weighted by atomic mass is 16.1. The molecule has 16 heavy (non-hydrogen) atoms. The Hall–Kier alpha value is -1.35. The van der Waals surface area contributed by atoms with Crippen molar-refractivity contribution < 1.29 is 4.79 Å². The third-order valence-electron chi connectivity index (χ3n) is 2.58. The molecule has 0 aliphatic heterocycles. The number of carbonyl (C=O) groups excluding carboxylic acids is 1.